The number of rotatable bonds is 4. The van der Waals surface area contributed by atoms with Gasteiger partial charge < -0.3 is 14.7 Å². The number of hydrogen-bond donors (Lipinski definition) is 0. The van der Waals surface area contributed by atoms with Crippen LogP contribution in [0.3, 0.4) is 0 Å². The number of carbonyl (C=O) groups is 3. The highest BCUT2D eigenvalue weighted by molar-refractivity contribution is 6.07. The van der Waals surface area contributed by atoms with Gasteiger partial charge in [-0.3, -0.25) is 14.4 Å². The summed E-state index contributed by atoms with van der Waals surface area (Å²) in [5.41, 5.74) is 2.54. The third kappa shape index (κ3) is 4.33. The minimum absolute atomic E-state index is 0.0194. The van der Waals surface area contributed by atoms with Crippen molar-refractivity contribution in [1.29, 1.82) is 0 Å². The highest BCUT2D eigenvalue weighted by atomic mass is 16.2. The highest BCUT2D eigenvalue weighted by Gasteiger charge is 2.26. The molecule has 6 heteroatoms. The zero-order valence-electron chi connectivity index (χ0n) is 18.6. The average Bonchev–Trinajstić information content (AvgIpc) is 3.29. The van der Waals surface area contributed by atoms with E-state index in [2.05, 4.69) is 0 Å². The van der Waals surface area contributed by atoms with Crippen LogP contribution in [0, 0.1) is 0 Å². The Kier molecular flexibility index (Phi) is 5.82. The number of anilines is 1. The van der Waals surface area contributed by atoms with Gasteiger partial charge in [-0.15, -0.1) is 0 Å². The lowest BCUT2D eigenvalue weighted by molar-refractivity contribution is -0.132. The molecule has 3 aromatic carbocycles. The Hall–Kier alpha value is -3.67. The maximum atomic E-state index is 13.1. The van der Waals surface area contributed by atoms with Crippen LogP contribution in [0.25, 0.3) is 10.8 Å². The molecule has 168 valence electrons. The number of nitrogens with zero attached hydrogens (tertiary/aromatic N) is 3. The third-order valence-electron chi connectivity index (χ3n) is 6.62. The summed E-state index contributed by atoms with van der Waals surface area (Å²) in [4.78, 5) is 43.4. The quantitative estimate of drug-likeness (QED) is 0.623. The zero-order chi connectivity index (χ0) is 22.8. The summed E-state index contributed by atoms with van der Waals surface area (Å²) in [5, 5.41) is 2.01. The van der Waals surface area contributed by atoms with E-state index in [0.29, 0.717) is 44.6 Å². The van der Waals surface area contributed by atoms with Gasteiger partial charge in [-0.2, -0.15) is 0 Å². The summed E-state index contributed by atoms with van der Waals surface area (Å²) >= 11 is 0. The van der Waals surface area contributed by atoms with Crippen molar-refractivity contribution in [3.05, 3.63) is 77.9 Å². The number of hydrogen-bond acceptors (Lipinski definition) is 3. The summed E-state index contributed by atoms with van der Waals surface area (Å²) in [6.45, 7) is 2.90. The van der Waals surface area contributed by atoms with E-state index in [1.54, 1.807) is 4.90 Å². The number of amides is 3. The highest BCUT2D eigenvalue weighted by Crippen LogP contribution is 2.23. The molecular weight excluding hydrogens is 414 g/mol. The molecule has 5 rings (SSSR count). The van der Waals surface area contributed by atoms with E-state index < -0.39 is 0 Å². The van der Waals surface area contributed by atoms with E-state index in [1.165, 1.54) is 0 Å². The molecule has 0 atom stereocenters. The largest absolute Gasteiger partial charge is 0.339 e. The van der Waals surface area contributed by atoms with Gasteiger partial charge in [0.15, 0.2) is 0 Å². The van der Waals surface area contributed by atoms with Crippen LogP contribution in [0.2, 0.25) is 0 Å². The molecule has 3 amide bonds. The zero-order valence-corrected chi connectivity index (χ0v) is 18.6. The van der Waals surface area contributed by atoms with Crippen molar-refractivity contribution < 1.29 is 14.4 Å². The predicted octanol–water partition coefficient (Wildman–Crippen LogP) is 3.49. The Balaban J connectivity index is 1.18. The molecule has 0 saturated carbocycles. The number of carbonyl (C=O) groups excluding carboxylic acids is 3. The summed E-state index contributed by atoms with van der Waals surface area (Å²) in [7, 11) is 0. The first-order valence-electron chi connectivity index (χ1n) is 11.5. The predicted molar refractivity (Wildman–Crippen MR) is 128 cm³/mol. The molecule has 2 aliphatic heterocycles. The molecule has 0 N–H and O–H groups in total. The lowest BCUT2D eigenvalue weighted by Crippen LogP contribution is -2.51. The van der Waals surface area contributed by atoms with Crippen LogP contribution in [0.1, 0.15) is 28.8 Å². The van der Waals surface area contributed by atoms with Crippen molar-refractivity contribution in [3.63, 3.8) is 0 Å². The van der Waals surface area contributed by atoms with E-state index >= 15 is 0 Å². The van der Waals surface area contributed by atoms with Crippen LogP contribution in [-0.2, 0) is 16.0 Å². The first-order chi connectivity index (χ1) is 16.1. The van der Waals surface area contributed by atoms with Gasteiger partial charge in [0.05, 0.1) is 6.42 Å². The Labute approximate surface area is 193 Å². The Bertz CT molecular complexity index is 1190. The van der Waals surface area contributed by atoms with Crippen molar-refractivity contribution in [2.45, 2.75) is 19.3 Å². The van der Waals surface area contributed by atoms with Crippen molar-refractivity contribution in [1.82, 2.24) is 9.80 Å². The summed E-state index contributed by atoms with van der Waals surface area (Å²) in [6, 6.07) is 21.4. The molecule has 6 nitrogen and oxygen atoms in total. The Morgan fingerprint density at radius 2 is 1.45 bits per heavy atom. The fourth-order valence-corrected chi connectivity index (χ4v) is 4.74. The molecule has 3 aromatic rings. The standard InChI is InChI=1S/C27H27N3O3/c31-25-9-4-14-30(25)22-12-10-20(11-13-22)19-26(32)28-15-17-29(18-16-28)27(33)24-8-3-6-21-5-1-2-7-23(21)24/h1-3,5-8,10-13H,4,9,14-19H2. The molecule has 2 aliphatic rings. The minimum atomic E-state index is 0.0194. The molecule has 2 fully saturated rings. The molecule has 0 radical (unpaired) electrons. The van der Waals surface area contributed by atoms with Crippen LogP contribution in [0.15, 0.2) is 66.7 Å². The first kappa shape index (κ1) is 21.2. The van der Waals surface area contributed by atoms with Gasteiger partial charge in [0, 0.05) is 50.4 Å². The molecule has 0 aromatic heterocycles. The number of benzene rings is 3. The van der Waals surface area contributed by atoms with E-state index in [0.717, 1.165) is 35.0 Å². The van der Waals surface area contributed by atoms with Crippen molar-refractivity contribution in [2.24, 2.45) is 0 Å². The Morgan fingerprint density at radius 1 is 0.758 bits per heavy atom. The van der Waals surface area contributed by atoms with Gasteiger partial charge in [0.1, 0.15) is 0 Å². The smallest absolute Gasteiger partial charge is 0.254 e. The van der Waals surface area contributed by atoms with Crippen LogP contribution >= 0.6 is 0 Å². The molecular formula is C27H27N3O3. The summed E-state index contributed by atoms with van der Waals surface area (Å²) in [6.07, 6.45) is 1.83. The maximum absolute atomic E-state index is 13.1. The van der Waals surface area contributed by atoms with E-state index in [9.17, 15) is 14.4 Å². The number of fused-ring (bicyclic) bond motifs is 1. The van der Waals surface area contributed by atoms with Gasteiger partial charge >= 0.3 is 0 Å². The molecule has 0 unspecified atom stereocenters. The molecule has 0 aliphatic carbocycles. The average molecular weight is 442 g/mol. The molecule has 33 heavy (non-hydrogen) atoms. The van der Waals surface area contributed by atoms with Gasteiger partial charge in [-0.05, 0) is 41.0 Å². The fraction of sp³-hybridized carbons (Fsp3) is 0.296. The number of piperazine rings is 1. The van der Waals surface area contributed by atoms with Crippen molar-refractivity contribution in [3.8, 4) is 0 Å². The van der Waals surface area contributed by atoms with Gasteiger partial charge in [0.25, 0.3) is 5.91 Å². The van der Waals surface area contributed by atoms with Crippen LogP contribution in [0.4, 0.5) is 5.69 Å². The maximum Gasteiger partial charge on any atom is 0.254 e. The van der Waals surface area contributed by atoms with Crippen molar-refractivity contribution >= 4 is 34.2 Å². The molecule has 0 bridgehead atoms. The first-order valence-corrected chi connectivity index (χ1v) is 11.5. The Morgan fingerprint density at radius 3 is 2.18 bits per heavy atom. The van der Waals surface area contributed by atoms with Gasteiger partial charge in [0.2, 0.25) is 11.8 Å². The lowest BCUT2D eigenvalue weighted by Gasteiger charge is -2.35. The van der Waals surface area contributed by atoms with Crippen molar-refractivity contribution in [2.75, 3.05) is 37.6 Å². The van der Waals surface area contributed by atoms with Gasteiger partial charge in [-0.1, -0.05) is 48.5 Å². The second-order valence-electron chi connectivity index (χ2n) is 8.69. The lowest BCUT2D eigenvalue weighted by atomic mass is 10.0. The van der Waals surface area contributed by atoms with E-state index in [4.69, 9.17) is 0 Å². The summed E-state index contributed by atoms with van der Waals surface area (Å²) < 4.78 is 0. The third-order valence-corrected chi connectivity index (χ3v) is 6.62. The fourth-order valence-electron chi connectivity index (χ4n) is 4.74. The normalized spacial score (nSPS) is 16.5. The minimum Gasteiger partial charge on any atom is -0.339 e. The topological polar surface area (TPSA) is 60.9 Å². The van der Waals surface area contributed by atoms with E-state index in [1.807, 2.05) is 76.5 Å². The molecule has 0 spiro atoms. The second kappa shape index (κ2) is 9.06. The summed E-state index contributed by atoms with van der Waals surface area (Å²) in [5.74, 6) is 0.248. The van der Waals surface area contributed by atoms with Gasteiger partial charge in [-0.25, -0.2) is 0 Å². The van der Waals surface area contributed by atoms with Crippen LogP contribution in [-0.4, -0.2) is 60.2 Å². The SMILES string of the molecule is O=C(Cc1ccc(N2CCCC2=O)cc1)N1CCN(C(=O)c2cccc3ccccc23)CC1. The van der Waals surface area contributed by atoms with Crippen LogP contribution < -0.4 is 4.90 Å². The van der Waals surface area contributed by atoms with Crippen LogP contribution in [0.5, 0.6) is 0 Å². The molecule has 2 saturated heterocycles. The van der Waals surface area contributed by atoms with E-state index in [-0.39, 0.29) is 17.7 Å². The second-order valence-corrected chi connectivity index (χ2v) is 8.69. The monoisotopic (exact) mass is 441 g/mol. The molecule has 2 heterocycles.